The summed E-state index contributed by atoms with van der Waals surface area (Å²) in [6.07, 6.45) is 8.37. The second-order valence-corrected chi connectivity index (χ2v) is 5.46. The van der Waals surface area contributed by atoms with Crippen LogP contribution in [-0.2, 0) is 6.42 Å². The number of methoxy groups -OCH3 is 1. The van der Waals surface area contributed by atoms with Gasteiger partial charge in [0.05, 0.1) is 26.2 Å². The zero-order valence-electron chi connectivity index (χ0n) is 12.2. The van der Waals surface area contributed by atoms with Crippen LogP contribution in [0.4, 0.5) is 0 Å². The van der Waals surface area contributed by atoms with Gasteiger partial charge in [0.2, 0.25) is 0 Å². The van der Waals surface area contributed by atoms with Crippen molar-refractivity contribution in [2.75, 3.05) is 13.7 Å². The molecule has 0 aliphatic heterocycles. The van der Waals surface area contributed by atoms with Gasteiger partial charge < -0.3 is 9.47 Å². The number of rotatable bonds is 7. The van der Waals surface area contributed by atoms with Gasteiger partial charge in [0.25, 0.3) is 0 Å². The van der Waals surface area contributed by atoms with Gasteiger partial charge in [0.15, 0.2) is 11.5 Å². The Morgan fingerprint density at radius 1 is 1.25 bits per heavy atom. The molecule has 20 heavy (non-hydrogen) atoms. The predicted molar refractivity (Wildman–Crippen MR) is 79.0 cm³/mol. The molecule has 1 aromatic carbocycles. The molecular formula is C17H23NO2. The molecule has 0 amide bonds. The molecule has 0 unspecified atom stereocenters. The van der Waals surface area contributed by atoms with E-state index >= 15 is 0 Å². The number of nitriles is 1. The molecule has 2 rings (SSSR count). The third-order valence-corrected chi connectivity index (χ3v) is 4.00. The summed E-state index contributed by atoms with van der Waals surface area (Å²) in [6, 6.07) is 7.86. The fraction of sp³-hybridized carbons (Fsp3) is 0.588. The Bertz CT molecular complexity index is 459. The SMILES string of the molecule is COc1cc(CC#N)ccc1OCCCC1CCCC1. The summed E-state index contributed by atoms with van der Waals surface area (Å²) in [7, 11) is 1.64. The van der Waals surface area contributed by atoms with E-state index in [-0.39, 0.29) is 0 Å². The molecule has 1 aliphatic carbocycles. The van der Waals surface area contributed by atoms with Gasteiger partial charge in [0, 0.05) is 0 Å². The third-order valence-electron chi connectivity index (χ3n) is 4.00. The van der Waals surface area contributed by atoms with Crippen molar-refractivity contribution in [2.45, 2.75) is 44.9 Å². The lowest BCUT2D eigenvalue weighted by atomic mass is 10.0. The molecule has 0 saturated heterocycles. The fourth-order valence-electron chi connectivity index (χ4n) is 2.89. The molecule has 3 nitrogen and oxygen atoms in total. The molecule has 0 atom stereocenters. The van der Waals surface area contributed by atoms with Gasteiger partial charge in [-0.3, -0.25) is 0 Å². The molecule has 1 saturated carbocycles. The van der Waals surface area contributed by atoms with Crippen LogP contribution in [0.5, 0.6) is 11.5 Å². The van der Waals surface area contributed by atoms with Crippen molar-refractivity contribution < 1.29 is 9.47 Å². The lowest BCUT2D eigenvalue weighted by molar-refractivity contribution is 0.276. The Balaban J connectivity index is 1.80. The Morgan fingerprint density at radius 3 is 2.75 bits per heavy atom. The second-order valence-electron chi connectivity index (χ2n) is 5.46. The fourth-order valence-corrected chi connectivity index (χ4v) is 2.89. The lowest BCUT2D eigenvalue weighted by Gasteiger charge is -2.13. The summed E-state index contributed by atoms with van der Waals surface area (Å²) < 4.78 is 11.1. The lowest BCUT2D eigenvalue weighted by Crippen LogP contribution is -2.02. The second kappa shape index (κ2) is 7.79. The van der Waals surface area contributed by atoms with Crippen LogP contribution in [0.2, 0.25) is 0 Å². The summed E-state index contributed by atoms with van der Waals surface area (Å²) in [4.78, 5) is 0. The first-order valence-corrected chi connectivity index (χ1v) is 7.50. The van der Waals surface area contributed by atoms with Crippen LogP contribution in [0.15, 0.2) is 18.2 Å². The monoisotopic (exact) mass is 273 g/mol. The van der Waals surface area contributed by atoms with Gasteiger partial charge in [-0.05, 0) is 36.5 Å². The average molecular weight is 273 g/mol. The Labute approximate surface area is 121 Å². The maximum absolute atomic E-state index is 8.71. The molecule has 3 heteroatoms. The van der Waals surface area contributed by atoms with E-state index < -0.39 is 0 Å². The Kier molecular flexibility index (Phi) is 5.73. The minimum atomic E-state index is 0.401. The van der Waals surface area contributed by atoms with Crippen molar-refractivity contribution in [3.63, 3.8) is 0 Å². The zero-order valence-corrected chi connectivity index (χ0v) is 12.2. The topological polar surface area (TPSA) is 42.2 Å². The van der Waals surface area contributed by atoms with E-state index in [0.717, 1.165) is 36.0 Å². The predicted octanol–water partition coefficient (Wildman–Crippen LogP) is 4.11. The van der Waals surface area contributed by atoms with E-state index in [9.17, 15) is 0 Å². The Morgan fingerprint density at radius 2 is 2.05 bits per heavy atom. The maximum atomic E-state index is 8.71. The Hall–Kier alpha value is -1.69. The van der Waals surface area contributed by atoms with E-state index in [1.165, 1.54) is 32.1 Å². The van der Waals surface area contributed by atoms with Gasteiger partial charge in [-0.25, -0.2) is 0 Å². The standard InChI is InChI=1S/C17H23NO2/c1-19-17-13-15(10-11-18)8-9-16(17)20-12-4-7-14-5-2-3-6-14/h8-9,13-14H,2-7,10,12H2,1H3. The summed E-state index contributed by atoms with van der Waals surface area (Å²) >= 11 is 0. The molecule has 0 bridgehead atoms. The highest BCUT2D eigenvalue weighted by Gasteiger charge is 2.14. The van der Waals surface area contributed by atoms with E-state index in [0.29, 0.717) is 6.42 Å². The van der Waals surface area contributed by atoms with E-state index in [1.54, 1.807) is 7.11 Å². The molecule has 0 radical (unpaired) electrons. The number of hydrogen-bond acceptors (Lipinski definition) is 3. The van der Waals surface area contributed by atoms with E-state index in [1.807, 2.05) is 18.2 Å². The normalized spacial score (nSPS) is 15.0. The van der Waals surface area contributed by atoms with Crippen LogP contribution in [0, 0.1) is 17.2 Å². The average Bonchev–Trinajstić information content (AvgIpc) is 2.98. The highest BCUT2D eigenvalue weighted by molar-refractivity contribution is 5.43. The number of ether oxygens (including phenoxy) is 2. The van der Waals surface area contributed by atoms with Crippen molar-refractivity contribution in [3.8, 4) is 17.6 Å². The van der Waals surface area contributed by atoms with Gasteiger partial charge in [-0.15, -0.1) is 0 Å². The van der Waals surface area contributed by atoms with E-state index in [2.05, 4.69) is 6.07 Å². The maximum Gasteiger partial charge on any atom is 0.161 e. The van der Waals surface area contributed by atoms with Crippen LogP contribution in [0.1, 0.15) is 44.1 Å². The molecule has 1 fully saturated rings. The largest absolute Gasteiger partial charge is 0.493 e. The molecule has 0 N–H and O–H groups in total. The summed E-state index contributed by atoms with van der Waals surface area (Å²) in [5, 5.41) is 8.71. The number of nitrogens with zero attached hydrogens (tertiary/aromatic N) is 1. The smallest absolute Gasteiger partial charge is 0.161 e. The summed E-state index contributed by atoms with van der Waals surface area (Å²) in [5.74, 6) is 2.41. The minimum absolute atomic E-state index is 0.401. The molecule has 1 aliphatic rings. The van der Waals surface area contributed by atoms with Crippen LogP contribution in [-0.4, -0.2) is 13.7 Å². The molecule has 108 valence electrons. The highest BCUT2D eigenvalue weighted by Crippen LogP contribution is 2.30. The minimum Gasteiger partial charge on any atom is -0.493 e. The number of hydrogen-bond donors (Lipinski definition) is 0. The molecule has 0 heterocycles. The van der Waals surface area contributed by atoms with Gasteiger partial charge >= 0.3 is 0 Å². The quantitative estimate of drug-likeness (QED) is 0.702. The van der Waals surface area contributed by atoms with Crippen LogP contribution < -0.4 is 9.47 Å². The molecule has 0 aromatic heterocycles. The highest BCUT2D eigenvalue weighted by atomic mass is 16.5. The van der Waals surface area contributed by atoms with Crippen molar-refractivity contribution in [1.29, 1.82) is 5.26 Å². The van der Waals surface area contributed by atoms with Gasteiger partial charge in [-0.2, -0.15) is 5.26 Å². The zero-order chi connectivity index (χ0) is 14.2. The van der Waals surface area contributed by atoms with E-state index in [4.69, 9.17) is 14.7 Å². The van der Waals surface area contributed by atoms with Crippen LogP contribution >= 0.6 is 0 Å². The summed E-state index contributed by atoms with van der Waals surface area (Å²) in [6.45, 7) is 0.741. The van der Waals surface area contributed by atoms with Crippen molar-refractivity contribution in [1.82, 2.24) is 0 Å². The first kappa shape index (κ1) is 14.7. The molecule has 0 spiro atoms. The number of benzene rings is 1. The van der Waals surface area contributed by atoms with Crippen molar-refractivity contribution in [2.24, 2.45) is 5.92 Å². The molecule has 1 aromatic rings. The first-order valence-electron chi connectivity index (χ1n) is 7.50. The van der Waals surface area contributed by atoms with Gasteiger partial charge in [0.1, 0.15) is 0 Å². The van der Waals surface area contributed by atoms with Crippen LogP contribution in [0.3, 0.4) is 0 Å². The van der Waals surface area contributed by atoms with Crippen molar-refractivity contribution >= 4 is 0 Å². The van der Waals surface area contributed by atoms with Crippen molar-refractivity contribution in [3.05, 3.63) is 23.8 Å². The first-order chi connectivity index (χ1) is 9.83. The van der Waals surface area contributed by atoms with Gasteiger partial charge in [-0.1, -0.05) is 31.7 Å². The molecular weight excluding hydrogens is 250 g/mol. The summed E-state index contributed by atoms with van der Waals surface area (Å²) in [5.41, 5.74) is 0.961. The van der Waals surface area contributed by atoms with Crippen LogP contribution in [0.25, 0.3) is 0 Å². The third kappa shape index (κ3) is 4.16.